The van der Waals surface area contributed by atoms with Crippen molar-refractivity contribution in [3.8, 4) is 0 Å². The van der Waals surface area contributed by atoms with Crippen molar-refractivity contribution in [1.82, 2.24) is 10.6 Å². The number of nitro groups is 1. The molecule has 21 heavy (non-hydrogen) atoms. The summed E-state index contributed by atoms with van der Waals surface area (Å²) in [4.78, 5) is 22.4. The molecular weight excluding hydrogens is 272 g/mol. The SMILES string of the molecule is CNc1ccc(CNC2CCCCNC2=O)cc1[N+](=O)[O-]. The molecule has 1 atom stereocenters. The lowest BCUT2D eigenvalue weighted by Crippen LogP contribution is -2.42. The summed E-state index contributed by atoms with van der Waals surface area (Å²) in [6.07, 6.45) is 2.78. The minimum Gasteiger partial charge on any atom is -0.383 e. The lowest BCUT2D eigenvalue weighted by Gasteiger charge is -2.15. The second-order valence-electron chi connectivity index (χ2n) is 5.08. The van der Waals surface area contributed by atoms with Crippen molar-refractivity contribution in [2.45, 2.75) is 31.8 Å². The summed E-state index contributed by atoms with van der Waals surface area (Å²) < 4.78 is 0. The van der Waals surface area contributed by atoms with Crippen LogP contribution < -0.4 is 16.0 Å². The Labute approximate surface area is 123 Å². The number of benzene rings is 1. The lowest BCUT2D eigenvalue weighted by atomic mass is 10.1. The number of rotatable bonds is 5. The molecule has 1 saturated heterocycles. The molecular formula is C14H20N4O3. The van der Waals surface area contributed by atoms with E-state index in [9.17, 15) is 14.9 Å². The third kappa shape index (κ3) is 3.91. The first-order chi connectivity index (χ1) is 10.1. The number of nitrogens with one attached hydrogen (secondary N) is 3. The van der Waals surface area contributed by atoms with Gasteiger partial charge in [0.25, 0.3) is 5.69 Å². The molecule has 0 bridgehead atoms. The molecule has 0 aliphatic carbocycles. The molecule has 1 heterocycles. The molecule has 7 nitrogen and oxygen atoms in total. The quantitative estimate of drug-likeness (QED) is 0.563. The van der Waals surface area contributed by atoms with Gasteiger partial charge in [0.05, 0.1) is 11.0 Å². The van der Waals surface area contributed by atoms with Crippen molar-refractivity contribution in [1.29, 1.82) is 0 Å². The first-order valence-electron chi connectivity index (χ1n) is 7.08. The number of nitro benzene ring substituents is 1. The highest BCUT2D eigenvalue weighted by atomic mass is 16.6. The predicted molar refractivity (Wildman–Crippen MR) is 80.1 cm³/mol. The average molecular weight is 292 g/mol. The molecule has 1 aromatic rings. The summed E-state index contributed by atoms with van der Waals surface area (Å²) in [5, 5.41) is 19.9. The molecule has 1 unspecified atom stereocenters. The van der Waals surface area contributed by atoms with E-state index in [-0.39, 0.29) is 17.6 Å². The van der Waals surface area contributed by atoms with Crippen LogP contribution >= 0.6 is 0 Å². The van der Waals surface area contributed by atoms with E-state index in [2.05, 4.69) is 16.0 Å². The molecule has 1 amide bonds. The maximum absolute atomic E-state index is 11.8. The monoisotopic (exact) mass is 292 g/mol. The predicted octanol–water partition coefficient (Wildman–Crippen LogP) is 1.39. The molecule has 0 saturated carbocycles. The summed E-state index contributed by atoms with van der Waals surface area (Å²) in [6.45, 7) is 1.16. The van der Waals surface area contributed by atoms with Gasteiger partial charge in [-0.1, -0.05) is 6.07 Å². The average Bonchev–Trinajstić information content (AvgIpc) is 2.69. The van der Waals surface area contributed by atoms with Gasteiger partial charge in [-0.15, -0.1) is 0 Å². The van der Waals surface area contributed by atoms with Crippen LogP contribution in [0.25, 0.3) is 0 Å². The minimum atomic E-state index is -0.409. The molecule has 0 radical (unpaired) electrons. The normalized spacial score (nSPS) is 18.7. The highest BCUT2D eigenvalue weighted by Gasteiger charge is 2.20. The first-order valence-corrected chi connectivity index (χ1v) is 7.08. The topological polar surface area (TPSA) is 96.3 Å². The van der Waals surface area contributed by atoms with Crippen molar-refractivity contribution < 1.29 is 9.72 Å². The number of carbonyl (C=O) groups is 1. The molecule has 7 heteroatoms. The zero-order chi connectivity index (χ0) is 15.2. The van der Waals surface area contributed by atoms with E-state index in [0.29, 0.717) is 12.2 Å². The highest BCUT2D eigenvalue weighted by Crippen LogP contribution is 2.25. The number of carbonyl (C=O) groups excluding carboxylic acids is 1. The van der Waals surface area contributed by atoms with Crippen molar-refractivity contribution in [2.75, 3.05) is 18.9 Å². The van der Waals surface area contributed by atoms with Crippen molar-refractivity contribution >= 4 is 17.3 Å². The van der Waals surface area contributed by atoms with E-state index in [1.165, 1.54) is 6.07 Å². The standard InChI is InChI=1S/C14H20N4O3/c1-15-11-6-5-10(8-13(11)18(20)21)9-17-12-4-2-3-7-16-14(12)19/h5-6,8,12,15,17H,2-4,7,9H2,1H3,(H,16,19). The van der Waals surface area contributed by atoms with Crippen LogP contribution in [-0.4, -0.2) is 30.5 Å². The Morgan fingerprint density at radius 3 is 2.95 bits per heavy atom. The second-order valence-corrected chi connectivity index (χ2v) is 5.08. The zero-order valence-electron chi connectivity index (χ0n) is 12.0. The molecule has 114 valence electrons. The van der Waals surface area contributed by atoms with E-state index in [0.717, 1.165) is 31.4 Å². The first kappa shape index (κ1) is 15.2. The van der Waals surface area contributed by atoms with E-state index in [4.69, 9.17) is 0 Å². The summed E-state index contributed by atoms with van der Waals surface area (Å²) in [7, 11) is 1.65. The van der Waals surface area contributed by atoms with Crippen LogP contribution in [0.2, 0.25) is 0 Å². The smallest absolute Gasteiger partial charge is 0.292 e. The summed E-state index contributed by atoms with van der Waals surface area (Å²) in [5.41, 5.74) is 1.32. The van der Waals surface area contributed by atoms with Gasteiger partial charge in [-0.05, 0) is 30.9 Å². The third-order valence-electron chi connectivity index (χ3n) is 3.62. The fraction of sp³-hybridized carbons (Fsp3) is 0.500. The van der Waals surface area contributed by atoms with Gasteiger partial charge in [-0.3, -0.25) is 14.9 Å². The lowest BCUT2D eigenvalue weighted by molar-refractivity contribution is -0.384. The van der Waals surface area contributed by atoms with Crippen LogP contribution in [0, 0.1) is 10.1 Å². The van der Waals surface area contributed by atoms with Gasteiger partial charge in [0.2, 0.25) is 5.91 Å². The van der Waals surface area contributed by atoms with Gasteiger partial charge in [0.1, 0.15) is 5.69 Å². The van der Waals surface area contributed by atoms with Gasteiger partial charge < -0.3 is 16.0 Å². The Hall–Kier alpha value is -2.15. The Bertz CT molecular complexity index is 533. The number of amides is 1. The molecule has 0 aromatic heterocycles. The summed E-state index contributed by atoms with van der Waals surface area (Å²) in [6, 6.07) is 4.81. The summed E-state index contributed by atoms with van der Waals surface area (Å²) >= 11 is 0. The molecule has 3 N–H and O–H groups in total. The van der Waals surface area contributed by atoms with Crippen molar-refractivity contribution in [2.24, 2.45) is 0 Å². The molecule has 1 fully saturated rings. The van der Waals surface area contributed by atoms with E-state index in [1.54, 1.807) is 13.1 Å². The fourth-order valence-electron chi connectivity index (χ4n) is 2.42. The van der Waals surface area contributed by atoms with Gasteiger partial charge >= 0.3 is 0 Å². The highest BCUT2D eigenvalue weighted by molar-refractivity contribution is 5.81. The Balaban J connectivity index is 2.04. The van der Waals surface area contributed by atoms with Crippen LogP contribution in [0.4, 0.5) is 11.4 Å². The van der Waals surface area contributed by atoms with Crippen LogP contribution in [-0.2, 0) is 11.3 Å². The Morgan fingerprint density at radius 1 is 1.43 bits per heavy atom. The van der Waals surface area contributed by atoms with Gasteiger partial charge in [0, 0.05) is 26.2 Å². The second kappa shape index (κ2) is 7.03. The Kier molecular flexibility index (Phi) is 5.10. The number of hydrogen-bond donors (Lipinski definition) is 3. The number of hydrogen-bond acceptors (Lipinski definition) is 5. The van der Waals surface area contributed by atoms with Crippen LogP contribution in [0.3, 0.4) is 0 Å². The maximum atomic E-state index is 11.8. The largest absolute Gasteiger partial charge is 0.383 e. The number of nitrogens with zero attached hydrogens (tertiary/aromatic N) is 1. The molecule has 2 rings (SSSR count). The van der Waals surface area contributed by atoms with Crippen LogP contribution in [0.5, 0.6) is 0 Å². The molecule has 1 aliphatic rings. The minimum absolute atomic E-state index is 0.00819. The van der Waals surface area contributed by atoms with E-state index >= 15 is 0 Å². The van der Waals surface area contributed by atoms with Gasteiger partial charge in [-0.25, -0.2) is 0 Å². The summed E-state index contributed by atoms with van der Waals surface area (Å²) in [5.74, 6) is 0.00819. The fourth-order valence-corrected chi connectivity index (χ4v) is 2.42. The van der Waals surface area contributed by atoms with Crippen LogP contribution in [0.1, 0.15) is 24.8 Å². The van der Waals surface area contributed by atoms with E-state index in [1.807, 2.05) is 6.07 Å². The molecule has 1 aliphatic heterocycles. The maximum Gasteiger partial charge on any atom is 0.292 e. The van der Waals surface area contributed by atoms with E-state index < -0.39 is 4.92 Å². The van der Waals surface area contributed by atoms with Crippen molar-refractivity contribution in [3.63, 3.8) is 0 Å². The van der Waals surface area contributed by atoms with Gasteiger partial charge in [-0.2, -0.15) is 0 Å². The molecule has 1 aromatic carbocycles. The Morgan fingerprint density at radius 2 is 2.24 bits per heavy atom. The number of anilines is 1. The zero-order valence-corrected chi connectivity index (χ0v) is 12.0. The van der Waals surface area contributed by atoms with Gasteiger partial charge in [0.15, 0.2) is 0 Å². The van der Waals surface area contributed by atoms with Crippen molar-refractivity contribution in [3.05, 3.63) is 33.9 Å². The third-order valence-corrected chi connectivity index (χ3v) is 3.62. The van der Waals surface area contributed by atoms with Crippen LogP contribution in [0.15, 0.2) is 18.2 Å². The molecule has 0 spiro atoms.